The molecule has 0 unspecified atom stereocenters. The van der Waals surface area contributed by atoms with Gasteiger partial charge in [0.2, 0.25) is 0 Å². The van der Waals surface area contributed by atoms with Crippen LogP contribution in [0.25, 0.3) is 0 Å². The van der Waals surface area contributed by atoms with Crippen LogP contribution in [0.2, 0.25) is 0 Å². The number of nitrogens with zero attached hydrogens (tertiary/aromatic N) is 3. The topological polar surface area (TPSA) is 128 Å². The van der Waals surface area contributed by atoms with Crippen LogP contribution < -0.4 is 5.73 Å². The fraction of sp³-hybridized carbons (Fsp3) is 0.545. The van der Waals surface area contributed by atoms with Crippen LogP contribution >= 0.6 is 0 Å². The number of amides is 1. The van der Waals surface area contributed by atoms with E-state index in [1.54, 1.807) is 6.20 Å². The minimum absolute atomic E-state index is 0.146. The van der Waals surface area contributed by atoms with Crippen molar-refractivity contribution in [3.8, 4) is 0 Å². The summed E-state index contributed by atoms with van der Waals surface area (Å²) in [5.74, 6) is -0.266. The first-order chi connectivity index (χ1) is 9.17. The summed E-state index contributed by atoms with van der Waals surface area (Å²) in [5.41, 5.74) is 6.87. The van der Waals surface area contributed by atoms with Crippen LogP contribution in [0.3, 0.4) is 0 Å². The van der Waals surface area contributed by atoms with Gasteiger partial charge in [0.15, 0.2) is 0 Å². The highest BCUT2D eigenvalue weighted by atomic mass is 16.3. The molecule has 8 nitrogen and oxygen atoms in total. The molecule has 0 saturated carbocycles. The molecular formula is C11H17N5O3. The van der Waals surface area contributed by atoms with Crippen molar-refractivity contribution in [2.45, 2.75) is 18.6 Å². The number of aromatic nitrogens is 2. The predicted octanol–water partition coefficient (Wildman–Crippen LogP) is -2.13. The minimum atomic E-state index is -0.658. The van der Waals surface area contributed by atoms with E-state index < -0.39 is 12.2 Å². The molecule has 0 spiro atoms. The van der Waals surface area contributed by atoms with E-state index in [-0.39, 0.29) is 25.7 Å². The van der Waals surface area contributed by atoms with E-state index in [2.05, 4.69) is 15.0 Å². The van der Waals surface area contributed by atoms with Gasteiger partial charge in [-0.15, -0.1) is 0 Å². The van der Waals surface area contributed by atoms with E-state index in [0.717, 1.165) is 5.69 Å². The first kappa shape index (κ1) is 13.7. The Balaban J connectivity index is 2.16. The van der Waals surface area contributed by atoms with Crippen LogP contribution in [0.5, 0.6) is 0 Å². The number of aliphatic hydroxyl groups is 2. The summed E-state index contributed by atoms with van der Waals surface area (Å²) in [4.78, 5) is 24.6. The number of carbonyl (C=O) groups is 1. The van der Waals surface area contributed by atoms with E-state index in [9.17, 15) is 4.79 Å². The number of carbonyl (C=O) groups excluding carboxylic acids is 1. The molecule has 0 aliphatic carbocycles. The molecule has 104 valence electrons. The summed E-state index contributed by atoms with van der Waals surface area (Å²) in [5, 5.41) is 18.1. The largest absolute Gasteiger partial charge is 0.395 e. The molecule has 5 N–H and O–H groups in total. The van der Waals surface area contributed by atoms with Gasteiger partial charge in [-0.2, -0.15) is 0 Å². The van der Waals surface area contributed by atoms with Gasteiger partial charge in [-0.05, 0) is 0 Å². The third-order valence-corrected chi connectivity index (χ3v) is 2.96. The number of aliphatic hydroxyl groups excluding tert-OH is 2. The number of hydrogen-bond acceptors (Lipinski definition) is 6. The molecule has 1 aromatic heterocycles. The summed E-state index contributed by atoms with van der Waals surface area (Å²) < 4.78 is 0. The van der Waals surface area contributed by atoms with Crippen LogP contribution in [-0.2, 0) is 11.2 Å². The van der Waals surface area contributed by atoms with Crippen molar-refractivity contribution in [3.05, 3.63) is 18.2 Å². The highest BCUT2D eigenvalue weighted by Crippen LogP contribution is 2.16. The van der Waals surface area contributed by atoms with Crippen molar-refractivity contribution in [2.24, 2.45) is 10.7 Å². The molecule has 8 heteroatoms. The Kier molecular flexibility index (Phi) is 4.25. The van der Waals surface area contributed by atoms with Gasteiger partial charge in [-0.1, -0.05) is 0 Å². The average molecular weight is 267 g/mol. The number of β-amino-alcohol motifs (C(OH)–C–C–N with tert-alkyl or cyclic N) is 1. The molecule has 2 heterocycles. The summed E-state index contributed by atoms with van der Waals surface area (Å²) in [6, 6.07) is -0.658. The number of rotatable bonds is 6. The van der Waals surface area contributed by atoms with Crippen molar-refractivity contribution in [2.75, 3.05) is 19.8 Å². The molecule has 1 aliphatic heterocycles. The number of aromatic amines is 1. The van der Waals surface area contributed by atoms with Gasteiger partial charge in [0.05, 0.1) is 25.6 Å². The Hall–Kier alpha value is -1.77. The van der Waals surface area contributed by atoms with Crippen LogP contribution in [0.4, 0.5) is 0 Å². The predicted molar refractivity (Wildman–Crippen MR) is 67.4 cm³/mol. The van der Waals surface area contributed by atoms with Gasteiger partial charge in [0.1, 0.15) is 11.9 Å². The molecule has 0 aromatic carbocycles. The Morgan fingerprint density at radius 1 is 1.53 bits per heavy atom. The zero-order valence-corrected chi connectivity index (χ0v) is 10.4. The number of aliphatic imine (C=N–C) groups is 1. The molecule has 2 atom stereocenters. The van der Waals surface area contributed by atoms with Crippen molar-refractivity contribution in [1.29, 1.82) is 0 Å². The fourth-order valence-corrected chi connectivity index (χ4v) is 2.02. The number of imidazole rings is 1. The molecule has 0 radical (unpaired) electrons. The SMILES string of the molecule is N[C@H](CO)[C@@H]1N=C(Cc2cnc[nH]2)C(=O)N1CCO. The molecule has 0 fully saturated rings. The van der Waals surface area contributed by atoms with E-state index in [4.69, 9.17) is 15.9 Å². The minimum Gasteiger partial charge on any atom is -0.395 e. The Morgan fingerprint density at radius 3 is 2.89 bits per heavy atom. The van der Waals surface area contributed by atoms with Crippen LogP contribution in [-0.4, -0.2) is 68.7 Å². The fourth-order valence-electron chi connectivity index (χ4n) is 2.02. The molecule has 1 amide bonds. The zero-order chi connectivity index (χ0) is 13.8. The number of nitrogens with one attached hydrogen (secondary N) is 1. The van der Waals surface area contributed by atoms with Crippen molar-refractivity contribution < 1.29 is 15.0 Å². The highest BCUT2D eigenvalue weighted by molar-refractivity contribution is 6.40. The molecule has 19 heavy (non-hydrogen) atoms. The smallest absolute Gasteiger partial charge is 0.270 e. The number of nitrogens with two attached hydrogens (primary N) is 1. The highest BCUT2D eigenvalue weighted by Gasteiger charge is 2.36. The zero-order valence-electron chi connectivity index (χ0n) is 10.4. The second-order valence-electron chi connectivity index (χ2n) is 4.31. The van der Waals surface area contributed by atoms with E-state index in [0.29, 0.717) is 12.1 Å². The lowest BCUT2D eigenvalue weighted by molar-refractivity contribution is -0.125. The van der Waals surface area contributed by atoms with Crippen molar-refractivity contribution in [1.82, 2.24) is 14.9 Å². The van der Waals surface area contributed by atoms with Gasteiger partial charge < -0.3 is 25.8 Å². The Labute approximate surface area is 110 Å². The first-order valence-corrected chi connectivity index (χ1v) is 5.99. The van der Waals surface area contributed by atoms with Crippen LogP contribution in [0.1, 0.15) is 5.69 Å². The molecule has 0 bridgehead atoms. The first-order valence-electron chi connectivity index (χ1n) is 5.99. The second-order valence-corrected chi connectivity index (χ2v) is 4.31. The average Bonchev–Trinajstić information content (AvgIpc) is 3.01. The van der Waals surface area contributed by atoms with Crippen LogP contribution in [0.15, 0.2) is 17.5 Å². The summed E-state index contributed by atoms with van der Waals surface area (Å²) in [6.45, 7) is -0.304. The van der Waals surface area contributed by atoms with Crippen molar-refractivity contribution >= 4 is 11.6 Å². The monoisotopic (exact) mass is 267 g/mol. The molecule has 2 rings (SSSR count). The van der Waals surface area contributed by atoms with E-state index in [1.165, 1.54) is 11.2 Å². The molecular weight excluding hydrogens is 250 g/mol. The standard InChI is InChI=1S/C11H17N5O3/c12-8(5-18)10-15-9(3-7-4-13-6-14-7)11(19)16(10)1-2-17/h4,6,8,10,17-18H,1-3,5,12H2,(H,13,14)/t8-,10-/m1/s1. The maximum absolute atomic E-state index is 12.2. The maximum atomic E-state index is 12.2. The quantitative estimate of drug-likeness (QED) is 0.468. The van der Waals surface area contributed by atoms with Gasteiger partial charge >= 0.3 is 0 Å². The number of H-pyrrole nitrogens is 1. The van der Waals surface area contributed by atoms with Gasteiger partial charge in [-0.3, -0.25) is 9.79 Å². The lowest BCUT2D eigenvalue weighted by Crippen LogP contribution is -2.49. The summed E-state index contributed by atoms with van der Waals surface area (Å²) in [7, 11) is 0. The summed E-state index contributed by atoms with van der Waals surface area (Å²) in [6.07, 6.45) is 2.85. The van der Waals surface area contributed by atoms with Crippen LogP contribution in [0, 0.1) is 0 Å². The van der Waals surface area contributed by atoms with Gasteiger partial charge in [-0.25, -0.2) is 4.98 Å². The second kappa shape index (κ2) is 5.91. The third-order valence-electron chi connectivity index (χ3n) is 2.96. The molecule has 0 saturated heterocycles. The van der Waals surface area contributed by atoms with Gasteiger partial charge in [0, 0.05) is 24.9 Å². The summed E-state index contributed by atoms with van der Waals surface area (Å²) >= 11 is 0. The lowest BCUT2D eigenvalue weighted by Gasteiger charge is -2.25. The third kappa shape index (κ3) is 2.80. The lowest BCUT2D eigenvalue weighted by atomic mass is 10.2. The molecule has 1 aliphatic rings. The molecule has 1 aromatic rings. The normalized spacial score (nSPS) is 20.8. The maximum Gasteiger partial charge on any atom is 0.270 e. The Morgan fingerprint density at radius 2 is 2.32 bits per heavy atom. The number of hydrogen-bond donors (Lipinski definition) is 4. The van der Waals surface area contributed by atoms with E-state index >= 15 is 0 Å². The Bertz CT molecular complexity index is 459. The van der Waals surface area contributed by atoms with E-state index in [1.807, 2.05) is 0 Å². The van der Waals surface area contributed by atoms with Crippen molar-refractivity contribution in [3.63, 3.8) is 0 Å². The van der Waals surface area contributed by atoms with Gasteiger partial charge in [0.25, 0.3) is 5.91 Å².